The number of hydrogen-bond donors (Lipinski definition) is 1. The highest BCUT2D eigenvalue weighted by molar-refractivity contribution is 5.73. The fraction of sp³-hybridized carbons (Fsp3) is 0.304. The number of anilines is 2. The van der Waals surface area contributed by atoms with Gasteiger partial charge < -0.3 is 10.2 Å². The molecular weight excluding hydrogens is 438 g/mol. The number of likely N-dealkylation sites (tertiary alicyclic amines) is 1. The topological polar surface area (TPSA) is 71.0 Å². The molecule has 1 saturated heterocycles. The van der Waals surface area contributed by atoms with Crippen molar-refractivity contribution < 1.29 is 22.4 Å². The lowest BCUT2D eigenvalue weighted by Crippen LogP contribution is -2.38. The van der Waals surface area contributed by atoms with E-state index < -0.39 is 17.6 Å². The minimum atomic E-state index is -4.55. The third-order valence-corrected chi connectivity index (χ3v) is 5.43. The van der Waals surface area contributed by atoms with Crippen LogP contribution in [0.2, 0.25) is 0 Å². The van der Waals surface area contributed by atoms with Crippen molar-refractivity contribution in [3.8, 4) is 11.3 Å². The maximum Gasteiger partial charge on any atom is 0.417 e. The third-order valence-electron chi connectivity index (χ3n) is 5.43. The first kappa shape index (κ1) is 22.6. The largest absolute Gasteiger partial charge is 0.417 e. The van der Waals surface area contributed by atoms with Crippen LogP contribution in [0, 0.1) is 5.82 Å². The van der Waals surface area contributed by atoms with Crippen LogP contribution in [0.4, 0.5) is 29.1 Å². The molecule has 1 fully saturated rings. The lowest BCUT2D eigenvalue weighted by atomic mass is 9.96. The summed E-state index contributed by atoms with van der Waals surface area (Å²) in [5.41, 5.74) is -0.0329. The van der Waals surface area contributed by atoms with E-state index in [0.717, 1.165) is 25.1 Å². The minimum absolute atomic E-state index is 0.0592. The summed E-state index contributed by atoms with van der Waals surface area (Å²) in [6.07, 6.45) is -1.00. The first-order chi connectivity index (χ1) is 15.7. The van der Waals surface area contributed by atoms with Gasteiger partial charge in [-0.1, -0.05) is 6.07 Å². The number of benzene rings is 1. The molecule has 1 N–H and O–H groups in total. The van der Waals surface area contributed by atoms with Crippen LogP contribution >= 0.6 is 0 Å². The van der Waals surface area contributed by atoms with Gasteiger partial charge in [-0.2, -0.15) is 13.2 Å². The van der Waals surface area contributed by atoms with Crippen molar-refractivity contribution in [2.24, 2.45) is 0 Å². The molecule has 1 aromatic carbocycles. The number of nitrogens with one attached hydrogen (secondary N) is 1. The fourth-order valence-corrected chi connectivity index (χ4v) is 3.78. The van der Waals surface area contributed by atoms with E-state index in [0.29, 0.717) is 30.4 Å². The minimum Gasteiger partial charge on any atom is -0.342 e. The van der Waals surface area contributed by atoms with Crippen molar-refractivity contribution in [2.75, 3.05) is 18.4 Å². The van der Waals surface area contributed by atoms with Crippen molar-refractivity contribution in [1.29, 1.82) is 0 Å². The fourth-order valence-electron chi connectivity index (χ4n) is 3.78. The van der Waals surface area contributed by atoms with E-state index in [-0.39, 0.29) is 23.1 Å². The first-order valence-electron chi connectivity index (χ1n) is 10.4. The van der Waals surface area contributed by atoms with E-state index in [1.54, 1.807) is 11.0 Å². The molecule has 2 aromatic heterocycles. The van der Waals surface area contributed by atoms with E-state index >= 15 is 0 Å². The van der Waals surface area contributed by atoms with Gasteiger partial charge in [0.2, 0.25) is 5.91 Å². The molecular formula is C23H21F4N5O. The molecule has 1 atom stereocenters. The number of aromatic nitrogens is 3. The normalized spacial score (nSPS) is 16.5. The predicted octanol–water partition coefficient (Wildman–Crippen LogP) is 5.17. The number of amides is 1. The maximum atomic E-state index is 13.6. The van der Waals surface area contributed by atoms with E-state index in [1.807, 2.05) is 0 Å². The summed E-state index contributed by atoms with van der Waals surface area (Å²) >= 11 is 0. The molecule has 10 heteroatoms. The molecule has 3 heterocycles. The molecule has 3 aromatic rings. The van der Waals surface area contributed by atoms with Crippen LogP contribution in [0.5, 0.6) is 0 Å². The van der Waals surface area contributed by atoms with Crippen LogP contribution in [0.25, 0.3) is 11.3 Å². The predicted molar refractivity (Wildman–Crippen MR) is 114 cm³/mol. The molecule has 172 valence electrons. The Kier molecular flexibility index (Phi) is 6.26. The molecule has 0 saturated carbocycles. The van der Waals surface area contributed by atoms with Gasteiger partial charge >= 0.3 is 6.18 Å². The second-order valence-electron chi connectivity index (χ2n) is 7.90. The monoisotopic (exact) mass is 459 g/mol. The van der Waals surface area contributed by atoms with Gasteiger partial charge in [-0.15, -0.1) is 0 Å². The van der Waals surface area contributed by atoms with Gasteiger partial charge in [-0.3, -0.25) is 9.78 Å². The molecule has 1 aliphatic rings. The standard InChI is InChI=1S/C23H21F4N5O/c1-14(33)32-7-3-4-15(13-32)22-30-20(16-8-17(12-28-11-16)23(25,26)27)10-21(31-22)29-19-6-2-5-18(24)9-19/h2,5-6,8-12,15H,3-4,7,13H2,1H3,(H,29,30,31). The SMILES string of the molecule is CC(=O)N1CCCC(c2nc(Nc3cccc(F)c3)cc(-c3cncc(C(F)(F)F)c3)n2)C1. The van der Waals surface area contributed by atoms with Gasteiger partial charge in [0.25, 0.3) is 0 Å². The molecule has 1 aliphatic heterocycles. The lowest BCUT2D eigenvalue weighted by Gasteiger charge is -2.31. The number of pyridine rings is 1. The number of hydrogen-bond acceptors (Lipinski definition) is 5. The number of alkyl halides is 3. The van der Waals surface area contributed by atoms with Crippen LogP contribution in [0.1, 0.15) is 37.1 Å². The number of carbonyl (C=O) groups excluding carboxylic acids is 1. The second-order valence-corrected chi connectivity index (χ2v) is 7.90. The zero-order chi connectivity index (χ0) is 23.6. The van der Waals surface area contributed by atoms with E-state index in [9.17, 15) is 22.4 Å². The Labute approximate surface area is 187 Å². The Balaban J connectivity index is 1.76. The molecule has 0 aliphatic carbocycles. The smallest absolute Gasteiger partial charge is 0.342 e. The summed E-state index contributed by atoms with van der Waals surface area (Å²) in [6.45, 7) is 2.54. The van der Waals surface area contributed by atoms with Crippen molar-refractivity contribution in [3.63, 3.8) is 0 Å². The average molecular weight is 459 g/mol. The number of nitrogens with zero attached hydrogens (tertiary/aromatic N) is 4. The van der Waals surface area contributed by atoms with Crippen LogP contribution in [-0.2, 0) is 11.0 Å². The van der Waals surface area contributed by atoms with Gasteiger partial charge in [-0.05, 0) is 37.1 Å². The van der Waals surface area contributed by atoms with Crippen LogP contribution in [0.15, 0.2) is 48.8 Å². The average Bonchev–Trinajstić information content (AvgIpc) is 2.78. The van der Waals surface area contributed by atoms with Crippen LogP contribution in [0.3, 0.4) is 0 Å². The number of rotatable bonds is 4. The quantitative estimate of drug-likeness (QED) is 0.546. The summed E-state index contributed by atoms with van der Waals surface area (Å²) in [5.74, 6) is 0.0131. The molecule has 0 radical (unpaired) electrons. The Bertz CT molecular complexity index is 1170. The van der Waals surface area contributed by atoms with E-state index in [2.05, 4.69) is 20.3 Å². The summed E-state index contributed by atoms with van der Waals surface area (Å²) in [7, 11) is 0. The van der Waals surface area contributed by atoms with Gasteiger partial charge in [0, 0.05) is 55.6 Å². The maximum absolute atomic E-state index is 13.6. The number of carbonyl (C=O) groups is 1. The molecule has 4 rings (SSSR count). The molecule has 0 bridgehead atoms. The summed E-state index contributed by atoms with van der Waals surface area (Å²) < 4.78 is 53.3. The molecule has 0 spiro atoms. The van der Waals surface area contributed by atoms with Crippen molar-refractivity contribution in [1.82, 2.24) is 19.9 Å². The first-order valence-corrected chi connectivity index (χ1v) is 10.4. The zero-order valence-electron chi connectivity index (χ0n) is 17.7. The van der Waals surface area contributed by atoms with Crippen LogP contribution in [-0.4, -0.2) is 38.8 Å². The van der Waals surface area contributed by atoms with Gasteiger partial charge in [0.1, 0.15) is 17.5 Å². The molecule has 33 heavy (non-hydrogen) atoms. The summed E-state index contributed by atoms with van der Waals surface area (Å²) in [5, 5.41) is 3.00. The molecule has 1 unspecified atom stereocenters. The number of piperidine rings is 1. The molecule has 6 nitrogen and oxygen atoms in total. The van der Waals surface area contributed by atoms with E-state index in [4.69, 9.17) is 0 Å². The van der Waals surface area contributed by atoms with Crippen LogP contribution < -0.4 is 5.32 Å². The Morgan fingerprint density at radius 1 is 1.15 bits per heavy atom. The van der Waals surface area contributed by atoms with Crippen molar-refractivity contribution in [2.45, 2.75) is 31.9 Å². The van der Waals surface area contributed by atoms with E-state index in [1.165, 1.54) is 37.4 Å². The van der Waals surface area contributed by atoms with Gasteiger partial charge in [0.15, 0.2) is 0 Å². The van der Waals surface area contributed by atoms with Gasteiger partial charge in [0.05, 0.1) is 11.3 Å². The van der Waals surface area contributed by atoms with Gasteiger partial charge in [-0.25, -0.2) is 14.4 Å². The number of halogens is 4. The highest BCUT2D eigenvalue weighted by Crippen LogP contribution is 2.33. The Morgan fingerprint density at radius 2 is 1.97 bits per heavy atom. The summed E-state index contributed by atoms with van der Waals surface area (Å²) in [6, 6.07) is 8.24. The van der Waals surface area contributed by atoms with Crippen molar-refractivity contribution in [3.05, 3.63) is 66.0 Å². The van der Waals surface area contributed by atoms with Crippen molar-refractivity contribution >= 4 is 17.4 Å². The third kappa shape index (κ3) is 5.44. The lowest BCUT2D eigenvalue weighted by molar-refractivity contribution is -0.137. The Morgan fingerprint density at radius 3 is 2.70 bits per heavy atom. The summed E-state index contributed by atoms with van der Waals surface area (Å²) in [4.78, 5) is 26.4. The highest BCUT2D eigenvalue weighted by atomic mass is 19.4. The highest BCUT2D eigenvalue weighted by Gasteiger charge is 2.31. The second kappa shape index (κ2) is 9.13. The molecule has 1 amide bonds. The Hall–Kier alpha value is -3.56. The zero-order valence-corrected chi connectivity index (χ0v) is 17.7.